The maximum atomic E-state index is 14.3. The van der Waals surface area contributed by atoms with Crippen molar-refractivity contribution in [3.8, 4) is 5.75 Å². The molecule has 2 aliphatic rings. The highest BCUT2D eigenvalue weighted by Crippen LogP contribution is 2.28. The maximum absolute atomic E-state index is 14.3. The molecule has 5 rings (SSSR count). The van der Waals surface area contributed by atoms with Crippen LogP contribution in [0.5, 0.6) is 5.75 Å². The van der Waals surface area contributed by atoms with Crippen LogP contribution in [0.3, 0.4) is 0 Å². The van der Waals surface area contributed by atoms with E-state index in [0.717, 1.165) is 5.56 Å². The molecule has 2 aromatic carbocycles. The van der Waals surface area contributed by atoms with E-state index in [9.17, 15) is 28.8 Å². The lowest BCUT2D eigenvalue weighted by molar-refractivity contribution is -0.145. The fraction of sp³-hybridized carbons (Fsp3) is 0.548. The Morgan fingerprint density at radius 3 is 2.39 bits per heavy atom. The summed E-state index contributed by atoms with van der Waals surface area (Å²) < 4.78 is 13.6. The SMILES string of the molecule is CCCC(NC(=O)[C@@H]1C[C@@H]2CN1C(=O)[C@@H](C(C)(C)C)NC(=O)CCc1cccc(c1)OCCO2)C(=O)C(=O)NCC(=O)NC(c1ccccc1)c1nnnn1C(C)(C)C. The van der Waals surface area contributed by atoms with E-state index in [1.54, 1.807) is 11.6 Å². The average molecular weight is 816 g/mol. The lowest BCUT2D eigenvalue weighted by atomic mass is 9.85. The zero-order chi connectivity index (χ0) is 42.9. The van der Waals surface area contributed by atoms with Gasteiger partial charge in [-0.2, -0.15) is 0 Å². The number of amides is 5. The van der Waals surface area contributed by atoms with Crippen LogP contribution in [0, 0.1) is 5.41 Å². The Kier molecular flexibility index (Phi) is 14.6. The Hall–Kier alpha value is -5.71. The summed E-state index contributed by atoms with van der Waals surface area (Å²) in [5, 5.41) is 23.0. The highest BCUT2D eigenvalue weighted by atomic mass is 16.5. The zero-order valence-corrected chi connectivity index (χ0v) is 34.9. The molecule has 318 valence electrons. The summed E-state index contributed by atoms with van der Waals surface area (Å²) >= 11 is 0. The first-order chi connectivity index (χ1) is 28.0. The molecule has 0 radical (unpaired) electrons. The molecule has 0 saturated carbocycles. The molecule has 2 aliphatic heterocycles. The molecule has 1 aromatic heterocycles. The minimum absolute atomic E-state index is 0.0585. The van der Waals surface area contributed by atoms with Gasteiger partial charge in [-0.05, 0) is 72.7 Å². The number of rotatable bonds is 11. The molecule has 0 aliphatic carbocycles. The molecule has 2 unspecified atom stereocenters. The van der Waals surface area contributed by atoms with Crippen molar-refractivity contribution in [2.45, 2.75) is 116 Å². The van der Waals surface area contributed by atoms with Crippen molar-refractivity contribution >= 4 is 35.3 Å². The van der Waals surface area contributed by atoms with Gasteiger partial charge in [-0.1, -0.05) is 76.6 Å². The topological polar surface area (TPSA) is 216 Å². The molecule has 5 amide bonds. The summed E-state index contributed by atoms with van der Waals surface area (Å²) in [5.41, 5.74) is 0.376. The molecular formula is C42H57N9O8. The van der Waals surface area contributed by atoms with Gasteiger partial charge in [0.1, 0.15) is 30.5 Å². The van der Waals surface area contributed by atoms with Crippen molar-refractivity contribution in [2.24, 2.45) is 5.41 Å². The number of ketones is 1. The molecule has 17 nitrogen and oxygen atoms in total. The molecule has 0 spiro atoms. The largest absolute Gasteiger partial charge is 0.491 e. The summed E-state index contributed by atoms with van der Waals surface area (Å²) in [6.45, 7) is 13.0. The van der Waals surface area contributed by atoms with E-state index in [1.807, 2.05) is 96.1 Å². The van der Waals surface area contributed by atoms with Crippen molar-refractivity contribution in [2.75, 3.05) is 26.3 Å². The van der Waals surface area contributed by atoms with Crippen molar-refractivity contribution in [1.29, 1.82) is 0 Å². The minimum Gasteiger partial charge on any atom is -0.491 e. The molecule has 5 atom stereocenters. The van der Waals surface area contributed by atoms with E-state index < -0.39 is 77.2 Å². The third-order valence-electron chi connectivity index (χ3n) is 10.2. The number of Topliss-reactive ketones (excluding diaryl/α,β-unsaturated/α-hetero) is 1. The second-order valence-electron chi connectivity index (χ2n) is 17.0. The van der Waals surface area contributed by atoms with Crippen molar-refractivity contribution in [1.82, 2.24) is 46.4 Å². The fourth-order valence-corrected chi connectivity index (χ4v) is 7.12. The molecule has 3 aromatic rings. The number of fused-ring (bicyclic) bond motifs is 4. The third-order valence-corrected chi connectivity index (χ3v) is 10.2. The lowest BCUT2D eigenvalue weighted by Crippen LogP contribution is -2.59. The lowest BCUT2D eigenvalue weighted by Gasteiger charge is -2.35. The molecule has 1 saturated heterocycles. The Morgan fingerprint density at radius 2 is 1.69 bits per heavy atom. The maximum Gasteiger partial charge on any atom is 0.290 e. The van der Waals surface area contributed by atoms with Gasteiger partial charge in [-0.3, -0.25) is 28.8 Å². The zero-order valence-electron chi connectivity index (χ0n) is 34.9. The number of hydrogen-bond acceptors (Lipinski definition) is 11. The summed E-state index contributed by atoms with van der Waals surface area (Å²) in [7, 11) is 0. The van der Waals surface area contributed by atoms with Gasteiger partial charge in [0.25, 0.3) is 5.91 Å². The van der Waals surface area contributed by atoms with E-state index in [0.29, 0.717) is 30.0 Å². The van der Waals surface area contributed by atoms with Crippen LogP contribution in [0.15, 0.2) is 54.6 Å². The Balaban J connectivity index is 1.28. The van der Waals surface area contributed by atoms with E-state index >= 15 is 0 Å². The standard InChI is InChI=1S/C42H57N9O8/c1-8-13-30(35(54)39(56)43-24-33(53)45-34(27-15-10-9-11-16-27)37-47-48-49-51(37)42(5,6)7)44-38(55)31-23-29-25-50(31)40(57)36(41(2,3)4)46-32(52)19-18-26-14-12-17-28(22-26)58-20-21-59-29/h9-12,14-17,22,29-31,34,36H,8,13,18-21,23-25H2,1-7H3,(H,43,56)(H,44,55)(H,45,53)(H,46,52)/t29-,30?,31+,34?,36+/m1/s1. The summed E-state index contributed by atoms with van der Waals surface area (Å²) in [6, 6.07) is 12.5. The summed E-state index contributed by atoms with van der Waals surface area (Å²) in [4.78, 5) is 83.2. The Morgan fingerprint density at radius 1 is 0.949 bits per heavy atom. The van der Waals surface area contributed by atoms with Gasteiger partial charge in [-0.15, -0.1) is 5.10 Å². The Labute approximate surface area is 344 Å². The monoisotopic (exact) mass is 815 g/mol. The van der Waals surface area contributed by atoms with Crippen LogP contribution in [-0.2, 0) is 45.5 Å². The molecule has 17 heteroatoms. The molecule has 4 N–H and O–H groups in total. The van der Waals surface area contributed by atoms with Crippen LogP contribution < -0.4 is 26.0 Å². The van der Waals surface area contributed by atoms with Gasteiger partial charge in [0.15, 0.2) is 5.82 Å². The van der Waals surface area contributed by atoms with E-state index in [4.69, 9.17) is 9.47 Å². The first-order valence-corrected chi connectivity index (χ1v) is 20.1. The Bertz CT molecular complexity index is 1970. The molecule has 4 bridgehead atoms. The smallest absolute Gasteiger partial charge is 0.290 e. The van der Waals surface area contributed by atoms with Crippen LogP contribution >= 0.6 is 0 Å². The molecule has 59 heavy (non-hydrogen) atoms. The second kappa shape index (κ2) is 19.4. The quantitative estimate of drug-likeness (QED) is 0.206. The minimum atomic E-state index is -1.25. The normalized spacial score (nSPS) is 20.1. The first-order valence-electron chi connectivity index (χ1n) is 20.1. The van der Waals surface area contributed by atoms with Gasteiger partial charge < -0.3 is 35.6 Å². The van der Waals surface area contributed by atoms with Gasteiger partial charge in [0.05, 0.1) is 30.8 Å². The third kappa shape index (κ3) is 11.7. The number of aryl methyl sites for hydroxylation is 1. The van der Waals surface area contributed by atoms with Gasteiger partial charge in [0, 0.05) is 19.4 Å². The number of tetrazole rings is 1. The number of benzene rings is 2. The number of aromatic nitrogens is 4. The molecule has 1 fully saturated rings. The highest BCUT2D eigenvalue weighted by Gasteiger charge is 2.46. The van der Waals surface area contributed by atoms with Crippen LogP contribution in [0.2, 0.25) is 0 Å². The number of nitrogens with one attached hydrogen (secondary N) is 4. The number of nitrogens with zero attached hydrogens (tertiary/aromatic N) is 5. The van der Waals surface area contributed by atoms with Crippen molar-refractivity contribution in [3.63, 3.8) is 0 Å². The summed E-state index contributed by atoms with van der Waals surface area (Å²) in [5.74, 6) is -3.03. The van der Waals surface area contributed by atoms with Gasteiger partial charge >= 0.3 is 0 Å². The highest BCUT2D eigenvalue weighted by molar-refractivity contribution is 6.38. The van der Waals surface area contributed by atoms with E-state index in [1.165, 1.54) is 4.90 Å². The second-order valence-corrected chi connectivity index (χ2v) is 17.0. The predicted molar refractivity (Wildman–Crippen MR) is 216 cm³/mol. The summed E-state index contributed by atoms with van der Waals surface area (Å²) in [6.07, 6.45) is 0.677. The average Bonchev–Trinajstić information content (AvgIpc) is 3.87. The van der Waals surface area contributed by atoms with Crippen LogP contribution in [0.1, 0.15) is 97.1 Å². The predicted octanol–water partition coefficient (Wildman–Crippen LogP) is 2.15. The van der Waals surface area contributed by atoms with Crippen molar-refractivity contribution < 1.29 is 38.2 Å². The van der Waals surface area contributed by atoms with Crippen molar-refractivity contribution in [3.05, 3.63) is 71.5 Å². The van der Waals surface area contributed by atoms with Crippen LogP contribution in [0.4, 0.5) is 0 Å². The number of ether oxygens (including phenoxy) is 2. The van der Waals surface area contributed by atoms with E-state index in [-0.39, 0.29) is 44.9 Å². The van der Waals surface area contributed by atoms with E-state index in [2.05, 4.69) is 36.8 Å². The molecule has 3 heterocycles. The molecular weight excluding hydrogens is 759 g/mol. The van der Waals surface area contributed by atoms with Crippen LogP contribution in [0.25, 0.3) is 0 Å². The number of hydrogen-bond donors (Lipinski definition) is 4. The van der Waals surface area contributed by atoms with Gasteiger partial charge in [0.2, 0.25) is 29.4 Å². The van der Waals surface area contributed by atoms with Crippen LogP contribution in [-0.4, -0.2) is 111 Å². The number of carbonyl (C=O) groups is 6. The number of carbonyl (C=O) groups excluding carboxylic acids is 6. The first kappa shape index (κ1) is 44.4. The fourth-order valence-electron chi connectivity index (χ4n) is 7.12. The van der Waals surface area contributed by atoms with Gasteiger partial charge in [-0.25, -0.2) is 4.68 Å².